The largest absolute Gasteiger partial charge is 0.353 e. The van der Waals surface area contributed by atoms with Crippen LogP contribution < -0.4 is 10.6 Å². The van der Waals surface area contributed by atoms with Crippen LogP contribution in [0.2, 0.25) is 0 Å². The molecule has 0 heterocycles. The van der Waals surface area contributed by atoms with E-state index in [9.17, 15) is 9.59 Å². The molecule has 2 atom stereocenters. The molecule has 2 unspecified atom stereocenters. The summed E-state index contributed by atoms with van der Waals surface area (Å²) in [5.74, 6) is 0.511. The van der Waals surface area contributed by atoms with Crippen molar-refractivity contribution in [1.29, 1.82) is 0 Å². The van der Waals surface area contributed by atoms with Gasteiger partial charge < -0.3 is 15.5 Å². The summed E-state index contributed by atoms with van der Waals surface area (Å²) >= 11 is 5.79. The monoisotopic (exact) mass is 329 g/mol. The number of nitrogens with one attached hydrogen (secondary N) is 2. The molecule has 2 N–H and O–H groups in total. The minimum Gasteiger partial charge on any atom is -0.353 e. The van der Waals surface area contributed by atoms with Gasteiger partial charge in [-0.3, -0.25) is 9.59 Å². The predicted molar refractivity (Wildman–Crippen MR) is 90.0 cm³/mol. The highest BCUT2D eigenvalue weighted by Gasteiger charge is 2.25. The molecule has 2 amide bonds. The number of alkyl halides is 1. The van der Waals surface area contributed by atoms with Gasteiger partial charge in [0.15, 0.2) is 0 Å². The van der Waals surface area contributed by atoms with Crippen LogP contribution in [0.4, 0.5) is 0 Å². The lowest BCUT2D eigenvalue weighted by atomic mass is 9.90. The lowest BCUT2D eigenvalue weighted by Crippen LogP contribution is -2.45. The predicted octanol–water partition coefficient (Wildman–Crippen LogP) is 1.67. The van der Waals surface area contributed by atoms with Crippen LogP contribution in [0.5, 0.6) is 0 Å². The number of carbonyl (C=O) groups excluding carboxylic acids is 2. The standard InChI is InChI=1S/C16H28ClN3O2/c1-3-15(21)18-10-5-8-16(22)19-13-6-4-7-14(12-13)20(2)11-9-17/h3,13-14H,1,4-12H2,2H3,(H,18,21)(H,19,22). The summed E-state index contributed by atoms with van der Waals surface area (Å²) in [6.45, 7) is 4.77. The smallest absolute Gasteiger partial charge is 0.243 e. The Labute approximate surface area is 138 Å². The Balaban J connectivity index is 2.23. The Morgan fingerprint density at radius 3 is 2.86 bits per heavy atom. The molecule has 5 nitrogen and oxygen atoms in total. The van der Waals surface area contributed by atoms with E-state index in [4.69, 9.17) is 11.6 Å². The van der Waals surface area contributed by atoms with E-state index in [1.54, 1.807) is 0 Å². The zero-order valence-electron chi connectivity index (χ0n) is 13.4. The molecule has 1 fully saturated rings. The number of rotatable bonds is 9. The van der Waals surface area contributed by atoms with Crippen molar-refractivity contribution < 1.29 is 9.59 Å². The van der Waals surface area contributed by atoms with Crippen molar-refractivity contribution in [2.45, 2.75) is 50.6 Å². The van der Waals surface area contributed by atoms with Gasteiger partial charge in [-0.25, -0.2) is 0 Å². The third-order valence-corrected chi connectivity index (χ3v) is 4.31. The van der Waals surface area contributed by atoms with Crippen molar-refractivity contribution in [1.82, 2.24) is 15.5 Å². The Kier molecular flexibility index (Phi) is 9.16. The molecule has 0 radical (unpaired) electrons. The van der Waals surface area contributed by atoms with Gasteiger partial charge in [0.25, 0.3) is 0 Å². The van der Waals surface area contributed by atoms with Crippen LogP contribution in [-0.2, 0) is 9.59 Å². The number of amides is 2. The average Bonchev–Trinajstić information content (AvgIpc) is 2.51. The first-order valence-corrected chi connectivity index (χ1v) is 8.56. The highest BCUT2D eigenvalue weighted by Crippen LogP contribution is 2.22. The van der Waals surface area contributed by atoms with Crippen LogP contribution in [0, 0.1) is 0 Å². The summed E-state index contributed by atoms with van der Waals surface area (Å²) in [6, 6.07) is 0.761. The van der Waals surface area contributed by atoms with Crippen LogP contribution in [-0.4, -0.2) is 54.8 Å². The maximum atomic E-state index is 11.9. The zero-order chi connectivity index (χ0) is 16.4. The fourth-order valence-corrected chi connectivity index (χ4v) is 3.11. The van der Waals surface area contributed by atoms with Gasteiger partial charge in [0.2, 0.25) is 11.8 Å². The van der Waals surface area contributed by atoms with E-state index in [-0.39, 0.29) is 17.9 Å². The van der Waals surface area contributed by atoms with Crippen LogP contribution in [0.1, 0.15) is 38.5 Å². The second kappa shape index (κ2) is 10.6. The van der Waals surface area contributed by atoms with Gasteiger partial charge in [0, 0.05) is 37.5 Å². The molecule has 0 saturated heterocycles. The van der Waals surface area contributed by atoms with Crippen LogP contribution in [0.25, 0.3) is 0 Å². The lowest BCUT2D eigenvalue weighted by molar-refractivity contribution is -0.122. The van der Waals surface area contributed by atoms with E-state index in [0.29, 0.717) is 31.3 Å². The highest BCUT2D eigenvalue weighted by molar-refractivity contribution is 6.18. The molecule has 0 aromatic heterocycles. The normalized spacial score (nSPS) is 21.4. The number of halogens is 1. The fourth-order valence-electron chi connectivity index (χ4n) is 2.84. The minimum absolute atomic E-state index is 0.0681. The Hall–Kier alpha value is -1.07. The first-order valence-electron chi connectivity index (χ1n) is 8.02. The summed E-state index contributed by atoms with van der Waals surface area (Å²) in [7, 11) is 2.10. The molecule has 0 bridgehead atoms. The molecule has 1 aliphatic rings. The molecule has 22 heavy (non-hydrogen) atoms. The van der Waals surface area contributed by atoms with E-state index >= 15 is 0 Å². The average molecular weight is 330 g/mol. The highest BCUT2D eigenvalue weighted by atomic mass is 35.5. The molecular weight excluding hydrogens is 302 g/mol. The molecule has 0 spiro atoms. The van der Waals surface area contributed by atoms with Crippen molar-refractivity contribution in [2.24, 2.45) is 0 Å². The Morgan fingerprint density at radius 1 is 1.41 bits per heavy atom. The topological polar surface area (TPSA) is 61.4 Å². The second-order valence-corrected chi connectivity index (χ2v) is 6.23. The van der Waals surface area contributed by atoms with Crippen molar-refractivity contribution in [3.63, 3.8) is 0 Å². The molecule has 0 aromatic rings. The van der Waals surface area contributed by atoms with E-state index in [1.807, 2.05) is 0 Å². The molecule has 126 valence electrons. The van der Waals surface area contributed by atoms with Crippen molar-refractivity contribution >= 4 is 23.4 Å². The van der Waals surface area contributed by atoms with E-state index in [2.05, 4.69) is 29.2 Å². The van der Waals surface area contributed by atoms with Gasteiger partial charge in [-0.15, -0.1) is 11.6 Å². The summed E-state index contributed by atoms with van der Waals surface area (Å²) in [5.41, 5.74) is 0. The zero-order valence-corrected chi connectivity index (χ0v) is 14.2. The molecular formula is C16H28ClN3O2. The summed E-state index contributed by atoms with van der Waals surface area (Å²) in [6.07, 6.45) is 6.67. The SMILES string of the molecule is C=CC(=O)NCCCC(=O)NC1CCCC(N(C)CCCl)C1. The van der Waals surface area contributed by atoms with Crippen molar-refractivity contribution in [3.05, 3.63) is 12.7 Å². The van der Waals surface area contributed by atoms with E-state index in [1.165, 1.54) is 12.5 Å². The van der Waals surface area contributed by atoms with Crippen LogP contribution in [0.15, 0.2) is 12.7 Å². The van der Waals surface area contributed by atoms with Gasteiger partial charge in [-0.2, -0.15) is 0 Å². The lowest BCUT2D eigenvalue weighted by Gasteiger charge is -2.35. The van der Waals surface area contributed by atoms with Gasteiger partial charge in [-0.1, -0.05) is 6.58 Å². The summed E-state index contributed by atoms with van der Waals surface area (Å²) < 4.78 is 0. The molecule has 1 saturated carbocycles. The van der Waals surface area contributed by atoms with Crippen molar-refractivity contribution in [3.8, 4) is 0 Å². The first kappa shape index (κ1) is 19.0. The van der Waals surface area contributed by atoms with Crippen molar-refractivity contribution in [2.75, 3.05) is 26.0 Å². The maximum absolute atomic E-state index is 11.9. The number of nitrogens with zero attached hydrogens (tertiary/aromatic N) is 1. The second-order valence-electron chi connectivity index (χ2n) is 5.85. The molecule has 6 heteroatoms. The number of hydrogen-bond acceptors (Lipinski definition) is 3. The molecule has 0 aromatic carbocycles. The minimum atomic E-state index is -0.196. The van der Waals surface area contributed by atoms with E-state index in [0.717, 1.165) is 25.8 Å². The molecule has 0 aliphatic heterocycles. The van der Waals surface area contributed by atoms with Gasteiger partial charge >= 0.3 is 0 Å². The van der Waals surface area contributed by atoms with Gasteiger partial charge in [0.1, 0.15) is 0 Å². The third-order valence-electron chi connectivity index (χ3n) is 4.14. The van der Waals surface area contributed by atoms with Gasteiger partial charge in [0.05, 0.1) is 0 Å². The van der Waals surface area contributed by atoms with Crippen LogP contribution >= 0.6 is 11.6 Å². The third kappa shape index (κ3) is 7.27. The first-order chi connectivity index (χ1) is 10.6. The number of carbonyl (C=O) groups is 2. The molecule has 1 rings (SSSR count). The number of hydrogen-bond donors (Lipinski definition) is 2. The fraction of sp³-hybridized carbons (Fsp3) is 0.750. The van der Waals surface area contributed by atoms with Crippen LogP contribution in [0.3, 0.4) is 0 Å². The quantitative estimate of drug-likeness (QED) is 0.384. The van der Waals surface area contributed by atoms with Gasteiger partial charge in [-0.05, 0) is 45.2 Å². The maximum Gasteiger partial charge on any atom is 0.243 e. The molecule has 1 aliphatic carbocycles. The van der Waals surface area contributed by atoms with E-state index < -0.39 is 0 Å². The summed E-state index contributed by atoms with van der Waals surface area (Å²) in [5, 5.41) is 5.79. The summed E-state index contributed by atoms with van der Waals surface area (Å²) in [4.78, 5) is 25.2. The Bertz CT molecular complexity index is 376. The Morgan fingerprint density at radius 2 is 2.18 bits per heavy atom.